The van der Waals surface area contributed by atoms with Crippen LogP contribution in [0.25, 0.3) is 11.5 Å². The van der Waals surface area contributed by atoms with Gasteiger partial charge in [0.2, 0.25) is 11.8 Å². The molecule has 0 saturated heterocycles. The molecule has 0 aliphatic heterocycles. The Balaban J connectivity index is 1.45. The zero-order chi connectivity index (χ0) is 19.1. The van der Waals surface area contributed by atoms with E-state index in [4.69, 9.17) is 4.42 Å². The Morgan fingerprint density at radius 1 is 1.04 bits per heavy atom. The summed E-state index contributed by atoms with van der Waals surface area (Å²) >= 11 is 1.42. The lowest BCUT2D eigenvalue weighted by Gasteiger charge is -2.08. The number of para-hydroxylation sites is 1. The Kier molecular flexibility index (Phi) is 6.38. The Morgan fingerprint density at radius 3 is 2.56 bits per heavy atom. The molecule has 3 rings (SSSR count). The van der Waals surface area contributed by atoms with Gasteiger partial charge < -0.3 is 9.73 Å². The molecule has 1 amide bonds. The maximum absolute atomic E-state index is 12.1. The average Bonchev–Trinajstić information content (AvgIpc) is 3.15. The van der Waals surface area contributed by atoms with Gasteiger partial charge in [0.15, 0.2) is 5.78 Å². The van der Waals surface area contributed by atoms with Crippen LogP contribution in [0.5, 0.6) is 0 Å². The Labute approximate surface area is 161 Å². The van der Waals surface area contributed by atoms with Gasteiger partial charge in [0.1, 0.15) is 0 Å². The summed E-state index contributed by atoms with van der Waals surface area (Å²) in [7, 11) is 0. The standard InChI is InChI=1S/C20H19N3O3S/c1-14(24)16-10-5-6-11-17(16)21-18(25)12-7-13-27-20-23-22-19(26-20)15-8-3-2-4-9-15/h2-6,8-11H,7,12-13H2,1H3,(H,21,25). The number of nitrogens with zero attached hydrogens (tertiary/aromatic N) is 2. The molecule has 0 aliphatic rings. The van der Waals surface area contributed by atoms with Gasteiger partial charge >= 0.3 is 0 Å². The number of Topliss-reactive ketones (excluding diaryl/α,β-unsaturated/α-hetero) is 1. The van der Waals surface area contributed by atoms with Crippen molar-refractivity contribution in [2.75, 3.05) is 11.1 Å². The van der Waals surface area contributed by atoms with Crippen LogP contribution in [0.15, 0.2) is 64.2 Å². The van der Waals surface area contributed by atoms with Gasteiger partial charge in [-0.2, -0.15) is 0 Å². The van der Waals surface area contributed by atoms with Crippen molar-refractivity contribution in [3.05, 3.63) is 60.2 Å². The minimum atomic E-state index is -0.125. The van der Waals surface area contributed by atoms with Crippen LogP contribution < -0.4 is 5.32 Å². The predicted octanol–water partition coefficient (Wildman–Crippen LogP) is 4.45. The highest BCUT2D eigenvalue weighted by Gasteiger charge is 2.11. The number of aromatic nitrogens is 2. The summed E-state index contributed by atoms with van der Waals surface area (Å²) in [5.41, 5.74) is 1.94. The highest BCUT2D eigenvalue weighted by molar-refractivity contribution is 7.99. The smallest absolute Gasteiger partial charge is 0.276 e. The average molecular weight is 381 g/mol. The fourth-order valence-corrected chi connectivity index (χ4v) is 3.17. The third-order valence-corrected chi connectivity index (χ3v) is 4.69. The van der Waals surface area contributed by atoms with E-state index in [-0.39, 0.29) is 11.7 Å². The van der Waals surface area contributed by atoms with Crippen LogP contribution in [-0.2, 0) is 4.79 Å². The van der Waals surface area contributed by atoms with Crippen molar-refractivity contribution >= 4 is 29.1 Å². The van der Waals surface area contributed by atoms with Crippen molar-refractivity contribution in [3.63, 3.8) is 0 Å². The van der Waals surface area contributed by atoms with Gasteiger partial charge in [0.25, 0.3) is 5.22 Å². The fraction of sp³-hybridized carbons (Fsp3) is 0.200. The highest BCUT2D eigenvalue weighted by atomic mass is 32.2. The van der Waals surface area contributed by atoms with Crippen molar-refractivity contribution in [1.29, 1.82) is 0 Å². The lowest BCUT2D eigenvalue weighted by molar-refractivity contribution is -0.116. The topological polar surface area (TPSA) is 85.1 Å². The quantitative estimate of drug-likeness (QED) is 0.352. The Bertz CT molecular complexity index is 925. The summed E-state index contributed by atoms with van der Waals surface area (Å²) in [6, 6.07) is 16.6. The number of carbonyl (C=O) groups excluding carboxylic acids is 2. The molecule has 0 unspecified atom stereocenters. The number of amides is 1. The predicted molar refractivity (Wildman–Crippen MR) is 105 cm³/mol. The third-order valence-electron chi connectivity index (χ3n) is 3.78. The van der Waals surface area contributed by atoms with Crippen LogP contribution in [0.4, 0.5) is 5.69 Å². The SMILES string of the molecule is CC(=O)c1ccccc1NC(=O)CCCSc1nnc(-c2ccccc2)o1. The Hall–Kier alpha value is -2.93. The molecule has 0 aliphatic carbocycles. The number of hydrogen-bond donors (Lipinski definition) is 1. The lowest BCUT2D eigenvalue weighted by atomic mass is 10.1. The molecular weight excluding hydrogens is 362 g/mol. The van der Waals surface area contributed by atoms with E-state index in [9.17, 15) is 9.59 Å². The molecule has 27 heavy (non-hydrogen) atoms. The monoisotopic (exact) mass is 381 g/mol. The van der Waals surface area contributed by atoms with Crippen molar-refractivity contribution in [3.8, 4) is 11.5 Å². The zero-order valence-corrected chi connectivity index (χ0v) is 15.7. The van der Waals surface area contributed by atoms with Crippen LogP contribution in [0.2, 0.25) is 0 Å². The summed E-state index contributed by atoms with van der Waals surface area (Å²) in [4.78, 5) is 23.7. The third kappa shape index (κ3) is 5.27. The Morgan fingerprint density at radius 2 is 1.78 bits per heavy atom. The lowest BCUT2D eigenvalue weighted by Crippen LogP contribution is -2.13. The van der Waals surface area contributed by atoms with Crippen LogP contribution in [0.3, 0.4) is 0 Å². The molecule has 138 valence electrons. The molecule has 3 aromatic rings. The van der Waals surface area contributed by atoms with Crippen LogP contribution in [-0.4, -0.2) is 27.6 Å². The number of anilines is 1. The van der Waals surface area contributed by atoms with Crippen molar-refractivity contribution in [2.24, 2.45) is 0 Å². The van der Waals surface area contributed by atoms with Crippen LogP contribution >= 0.6 is 11.8 Å². The highest BCUT2D eigenvalue weighted by Crippen LogP contribution is 2.23. The van der Waals surface area contributed by atoms with Gasteiger partial charge in [-0.15, -0.1) is 10.2 Å². The van der Waals surface area contributed by atoms with Gasteiger partial charge in [0.05, 0.1) is 5.69 Å². The zero-order valence-electron chi connectivity index (χ0n) is 14.8. The van der Waals surface area contributed by atoms with E-state index in [2.05, 4.69) is 15.5 Å². The number of rotatable bonds is 8. The summed E-state index contributed by atoms with van der Waals surface area (Å²) in [5, 5.41) is 11.3. The fourth-order valence-electron chi connectivity index (χ4n) is 2.47. The number of hydrogen-bond acceptors (Lipinski definition) is 6. The second-order valence-corrected chi connectivity index (χ2v) is 6.89. The molecule has 1 aromatic heterocycles. The molecule has 7 heteroatoms. The molecule has 2 aromatic carbocycles. The van der Waals surface area contributed by atoms with Gasteiger partial charge in [0, 0.05) is 23.3 Å². The molecular formula is C20H19N3O3S. The maximum Gasteiger partial charge on any atom is 0.276 e. The van der Waals surface area contributed by atoms with E-state index in [1.54, 1.807) is 24.3 Å². The first-order valence-electron chi connectivity index (χ1n) is 8.55. The molecule has 0 bridgehead atoms. The molecule has 0 atom stereocenters. The van der Waals surface area contributed by atoms with E-state index in [1.165, 1.54) is 18.7 Å². The van der Waals surface area contributed by atoms with E-state index in [1.807, 2.05) is 30.3 Å². The number of carbonyl (C=O) groups is 2. The van der Waals surface area contributed by atoms with E-state index in [0.29, 0.717) is 41.0 Å². The minimum absolute atomic E-state index is 0.0768. The van der Waals surface area contributed by atoms with Crippen LogP contribution in [0, 0.1) is 0 Å². The van der Waals surface area contributed by atoms with Gasteiger partial charge in [-0.05, 0) is 37.6 Å². The first-order valence-corrected chi connectivity index (χ1v) is 9.53. The number of nitrogens with one attached hydrogen (secondary N) is 1. The first-order chi connectivity index (χ1) is 13.1. The molecule has 1 heterocycles. The summed E-state index contributed by atoms with van der Waals surface area (Å²) in [5.74, 6) is 0.960. The van der Waals surface area contributed by atoms with Gasteiger partial charge in [-0.25, -0.2) is 0 Å². The first kappa shape index (κ1) is 18.8. The second kappa shape index (κ2) is 9.14. The number of benzene rings is 2. The van der Waals surface area contributed by atoms with E-state index < -0.39 is 0 Å². The summed E-state index contributed by atoms with van der Waals surface area (Å²) < 4.78 is 5.62. The van der Waals surface area contributed by atoms with Crippen molar-refractivity contribution in [1.82, 2.24) is 10.2 Å². The molecule has 0 spiro atoms. The van der Waals surface area contributed by atoms with Crippen LogP contribution in [0.1, 0.15) is 30.1 Å². The number of ketones is 1. The van der Waals surface area contributed by atoms with Crippen molar-refractivity contribution < 1.29 is 14.0 Å². The van der Waals surface area contributed by atoms with Crippen molar-refractivity contribution in [2.45, 2.75) is 25.0 Å². The molecule has 0 fully saturated rings. The molecule has 6 nitrogen and oxygen atoms in total. The summed E-state index contributed by atoms with van der Waals surface area (Å²) in [6.45, 7) is 1.48. The molecule has 1 N–H and O–H groups in total. The summed E-state index contributed by atoms with van der Waals surface area (Å²) in [6.07, 6.45) is 1.00. The van der Waals surface area contributed by atoms with E-state index >= 15 is 0 Å². The maximum atomic E-state index is 12.1. The van der Waals surface area contributed by atoms with Gasteiger partial charge in [-0.1, -0.05) is 42.1 Å². The minimum Gasteiger partial charge on any atom is -0.411 e. The molecule has 0 saturated carbocycles. The number of thioether (sulfide) groups is 1. The second-order valence-electron chi connectivity index (χ2n) is 5.84. The van der Waals surface area contributed by atoms with Gasteiger partial charge in [-0.3, -0.25) is 9.59 Å². The largest absolute Gasteiger partial charge is 0.411 e. The molecule has 0 radical (unpaired) electrons. The van der Waals surface area contributed by atoms with E-state index in [0.717, 1.165) is 5.56 Å². The normalized spacial score (nSPS) is 10.6.